The summed E-state index contributed by atoms with van der Waals surface area (Å²) in [5.74, 6) is 0.605. The van der Waals surface area contributed by atoms with Crippen LogP contribution in [0.1, 0.15) is 25.5 Å². The average molecular weight is 300 g/mol. The molecule has 0 radical (unpaired) electrons. The van der Waals surface area contributed by atoms with Gasteiger partial charge < -0.3 is 10.1 Å². The van der Waals surface area contributed by atoms with Crippen LogP contribution >= 0.6 is 12.4 Å². The van der Waals surface area contributed by atoms with E-state index in [-0.39, 0.29) is 18.5 Å². The Kier molecular flexibility index (Phi) is 7.48. The molecule has 0 aromatic heterocycles. The Morgan fingerprint density at radius 1 is 1.15 bits per heavy atom. The Hall–Kier alpha value is -0.650. The predicted molar refractivity (Wildman–Crippen MR) is 85.0 cm³/mol. The fourth-order valence-corrected chi connectivity index (χ4v) is 2.65. The van der Waals surface area contributed by atoms with Gasteiger partial charge in [-0.3, -0.25) is 10.9 Å². The van der Waals surface area contributed by atoms with E-state index < -0.39 is 0 Å². The summed E-state index contributed by atoms with van der Waals surface area (Å²) in [6.07, 6.45) is 0.120. The second kappa shape index (κ2) is 8.60. The fraction of sp³-hybridized carbons (Fsp3) is 0.600. The van der Waals surface area contributed by atoms with Crippen LogP contribution in [0.2, 0.25) is 0 Å². The van der Waals surface area contributed by atoms with E-state index in [9.17, 15) is 0 Å². The van der Waals surface area contributed by atoms with Crippen molar-refractivity contribution in [2.45, 2.75) is 32.0 Å². The largest absolute Gasteiger partial charge is 0.375 e. The highest BCUT2D eigenvalue weighted by Crippen LogP contribution is 2.16. The molecule has 114 valence electrons. The molecular weight excluding hydrogens is 274 g/mol. The van der Waals surface area contributed by atoms with Gasteiger partial charge in [-0.25, -0.2) is 0 Å². The van der Waals surface area contributed by atoms with Gasteiger partial charge in [-0.2, -0.15) is 0 Å². The zero-order valence-corrected chi connectivity index (χ0v) is 13.2. The van der Waals surface area contributed by atoms with Gasteiger partial charge in [0.2, 0.25) is 0 Å². The molecular formula is C15H26ClN3O. The number of hydrazine groups is 1. The minimum atomic E-state index is 0. The second-order valence-electron chi connectivity index (χ2n) is 5.32. The molecule has 1 aromatic rings. The molecule has 3 atom stereocenters. The van der Waals surface area contributed by atoms with Gasteiger partial charge >= 0.3 is 0 Å². The first-order valence-corrected chi connectivity index (χ1v) is 7.02. The number of ether oxygens (including phenoxy) is 1. The maximum atomic E-state index is 5.56. The summed E-state index contributed by atoms with van der Waals surface area (Å²) in [5, 5.41) is 3.53. The summed E-state index contributed by atoms with van der Waals surface area (Å²) >= 11 is 0. The number of hydrogen-bond acceptors (Lipinski definition) is 4. The molecule has 3 N–H and O–H groups in total. The Morgan fingerprint density at radius 2 is 1.75 bits per heavy atom. The minimum absolute atomic E-state index is 0. The zero-order chi connectivity index (χ0) is 13.7. The predicted octanol–water partition coefficient (Wildman–Crippen LogP) is 1.89. The van der Waals surface area contributed by atoms with Gasteiger partial charge in [0, 0.05) is 38.2 Å². The van der Waals surface area contributed by atoms with Gasteiger partial charge in [0.25, 0.3) is 0 Å². The highest BCUT2D eigenvalue weighted by molar-refractivity contribution is 5.85. The summed E-state index contributed by atoms with van der Waals surface area (Å²) in [7, 11) is 1.77. The number of hydrogen-bond donors (Lipinski definition) is 3. The number of nitrogens with one attached hydrogen (secondary N) is 3. The third kappa shape index (κ3) is 4.43. The van der Waals surface area contributed by atoms with E-state index in [4.69, 9.17) is 4.74 Å². The summed E-state index contributed by atoms with van der Waals surface area (Å²) in [4.78, 5) is 0. The standard InChI is InChI=1S/C15H25N3O.ClH/c1-11-14(12(2)18-17-11)9-16-10-15(19-3)13-7-5-4-6-8-13;/h4-8,11-12,14-18H,9-10H2,1-3H3;1H. The van der Waals surface area contributed by atoms with Crippen LogP contribution < -0.4 is 16.2 Å². The van der Waals surface area contributed by atoms with E-state index in [2.05, 4.69) is 54.3 Å². The van der Waals surface area contributed by atoms with Gasteiger partial charge in [0.1, 0.15) is 0 Å². The maximum Gasteiger partial charge on any atom is 0.0945 e. The Morgan fingerprint density at radius 3 is 2.30 bits per heavy atom. The van der Waals surface area contributed by atoms with Crippen molar-refractivity contribution in [3.8, 4) is 0 Å². The maximum absolute atomic E-state index is 5.56. The van der Waals surface area contributed by atoms with Crippen molar-refractivity contribution < 1.29 is 4.74 Å². The lowest BCUT2D eigenvalue weighted by atomic mass is 9.96. The van der Waals surface area contributed by atoms with E-state index in [1.54, 1.807) is 7.11 Å². The van der Waals surface area contributed by atoms with Crippen LogP contribution in [-0.4, -0.2) is 32.3 Å². The lowest BCUT2D eigenvalue weighted by Crippen LogP contribution is -2.36. The Balaban J connectivity index is 0.00000200. The molecule has 1 aliphatic heterocycles. The number of benzene rings is 1. The van der Waals surface area contributed by atoms with Crippen LogP contribution in [0.25, 0.3) is 0 Å². The van der Waals surface area contributed by atoms with Crippen molar-refractivity contribution in [2.75, 3.05) is 20.2 Å². The van der Waals surface area contributed by atoms with E-state index in [0.29, 0.717) is 18.0 Å². The van der Waals surface area contributed by atoms with Crippen LogP contribution in [0.5, 0.6) is 0 Å². The van der Waals surface area contributed by atoms with E-state index >= 15 is 0 Å². The molecule has 1 aromatic carbocycles. The molecule has 5 heteroatoms. The SMILES string of the molecule is COC(CNCC1C(C)NNC1C)c1ccccc1.Cl. The smallest absolute Gasteiger partial charge is 0.0945 e. The molecule has 20 heavy (non-hydrogen) atoms. The van der Waals surface area contributed by atoms with Crippen LogP contribution in [0.15, 0.2) is 30.3 Å². The third-order valence-electron chi connectivity index (χ3n) is 3.99. The normalized spacial score (nSPS) is 27.1. The van der Waals surface area contributed by atoms with Gasteiger partial charge in [-0.05, 0) is 19.4 Å². The topological polar surface area (TPSA) is 45.3 Å². The average Bonchev–Trinajstić information content (AvgIpc) is 2.76. The Labute approximate surface area is 128 Å². The quantitative estimate of drug-likeness (QED) is 0.751. The molecule has 4 nitrogen and oxygen atoms in total. The summed E-state index contributed by atoms with van der Waals surface area (Å²) in [5.41, 5.74) is 7.79. The molecule has 0 saturated carbocycles. The molecule has 1 aliphatic rings. The van der Waals surface area contributed by atoms with Crippen LogP contribution in [0, 0.1) is 5.92 Å². The number of rotatable bonds is 6. The molecule has 3 unspecified atom stereocenters. The zero-order valence-electron chi connectivity index (χ0n) is 12.4. The number of halogens is 1. The van der Waals surface area contributed by atoms with Gasteiger partial charge in [0.05, 0.1) is 6.10 Å². The van der Waals surface area contributed by atoms with Gasteiger partial charge in [0.15, 0.2) is 0 Å². The van der Waals surface area contributed by atoms with Crippen molar-refractivity contribution in [3.05, 3.63) is 35.9 Å². The highest BCUT2D eigenvalue weighted by Gasteiger charge is 2.29. The molecule has 0 aliphatic carbocycles. The molecule has 2 rings (SSSR count). The molecule has 0 spiro atoms. The molecule has 0 bridgehead atoms. The molecule has 1 saturated heterocycles. The van der Waals surface area contributed by atoms with Crippen molar-refractivity contribution >= 4 is 12.4 Å². The number of methoxy groups -OCH3 is 1. The first-order chi connectivity index (χ1) is 9.22. The Bertz CT molecular complexity index is 367. The first kappa shape index (κ1) is 17.4. The van der Waals surface area contributed by atoms with Crippen molar-refractivity contribution in [2.24, 2.45) is 5.92 Å². The fourth-order valence-electron chi connectivity index (χ4n) is 2.65. The van der Waals surface area contributed by atoms with Crippen LogP contribution in [0.3, 0.4) is 0 Å². The van der Waals surface area contributed by atoms with Crippen LogP contribution in [-0.2, 0) is 4.74 Å². The molecule has 1 fully saturated rings. The second-order valence-corrected chi connectivity index (χ2v) is 5.32. The van der Waals surface area contributed by atoms with Crippen molar-refractivity contribution in [1.82, 2.24) is 16.2 Å². The summed E-state index contributed by atoms with van der Waals surface area (Å²) in [6, 6.07) is 11.4. The first-order valence-electron chi connectivity index (χ1n) is 7.02. The molecule has 1 heterocycles. The van der Waals surface area contributed by atoms with E-state index in [0.717, 1.165) is 13.1 Å². The summed E-state index contributed by atoms with van der Waals surface area (Å²) < 4.78 is 5.56. The third-order valence-corrected chi connectivity index (χ3v) is 3.99. The van der Waals surface area contributed by atoms with Crippen LogP contribution in [0.4, 0.5) is 0 Å². The monoisotopic (exact) mass is 299 g/mol. The lowest BCUT2D eigenvalue weighted by molar-refractivity contribution is 0.101. The summed E-state index contributed by atoms with van der Waals surface area (Å²) in [6.45, 7) is 6.27. The van der Waals surface area contributed by atoms with Gasteiger partial charge in [-0.1, -0.05) is 30.3 Å². The van der Waals surface area contributed by atoms with E-state index in [1.165, 1.54) is 5.56 Å². The van der Waals surface area contributed by atoms with E-state index in [1.807, 2.05) is 6.07 Å². The van der Waals surface area contributed by atoms with Crippen molar-refractivity contribution in [3.63, 3.8) is 0 Å². The van der Waals surface area contributed by atoms with Gasteiger partial charge in [-0.15, -0.1) is 12.4 Å². The molecule has 0 amide bonds. The van der Waals surface area contributed by atoms with Crippen molar-refractivity contribution in [1.29, 1.82) is 0 Å². The lowest BCUT2D eigenvalue weighted by Gasteiger charge is -2.21. The minimum Gasteiger partial charge on any atom is -0.375 e. The highest BCUT2D eigenvalue weighted by atomic mass is 35.5.